The Bertz CT molecular complexity index is 1910. The molecular weight excluding hydrogens is 1290 g/mol. The second-order valence-corrected chi connectivity index (χ2v) is 32.4. The van der Waals surface area contributed by atoms with E-state index < -0.39 is 97.5 Å². The molecule has 0 radical (unpaired) electrons. The summed E-state index contributed by atoms with van der Waals surface area (Å²) in [6.07, 6.45) is 60.9. The number of hydrogen-bond donors (Lipinski definition) is 3. The molecule has 0 spiro atoms. The van der Waals surface area contributed by atoms with Gasteiger partial charge in [-0.2, -0.15) is 0 Å². The van der Waals surface area contributed by atoms with Gasteiger partial charge in [-0.3, -0.25) is 37.3 Å². The highest BCUT2D eigenvalue weighted by Crippen LogP contribution is 2.45. The maximum absolute atomic E-state index is 13.1. The summed E-state index contributed by atoms with van der Waals surface area (Å²) in [5.74, 6) is -0.527. The van der Waals surface area contributed by atoms with Crippen molar-refractivity contribution < 1.29 is 80.2 Å². The lowest BCUT2D eigenvalue weighted by Gasteiger charge is -2.21. The molecule has 588 valence electrons. The second kappa shape index (κ2) is 71.7. The van der Waals surface area contributed by atoms with Gasteiger partial charge in [0, 0.05) is 25.7 Å². The van der Waals surface area contributed by atoms with Gasteiger partial charge < -0.3 is 33.8 Å². The number of esters is 4. The summed E-state index contributed by atoms with van der Waals surface area (Å²) in [7, 11) is -9.92. The summed E-state index contributed by atoms with van der Waals surface area (Å²) in [6, 6.07) is 0. The molecule has 0 aliphatic rings. The molecule has 0 amide bonds. The molecule has 17 nitrogen and oxygen atoms in total. The number of phosphoric acid groups is 2. The van der Waals surface area contributed by atoms with E-state index in [4.69, 9.17) is 37.0 Å². The van der Waals surface area contributed by atoms with Crippen LogP contribution in [-0.2, 0) is 65.4 Å². The molecule has 19 heteroatoms. The van der Waals surface area contributed by atoms with Crippen LogP contribution < -0.4 is 0 Å². The van der Waals surface area contributed by atoms with Crippen molar-refractivity contribution in [2.75, 3.05) is 39.6 Å². The van der Waals surface area contributed by atoms with Crippen LogP contribution in [0.3, 0.4) is 0 Å². The van der Waals surface area contributed by atoms with E-state index >= 15 is 0 Å². The molecule has 0 aromatic rings. The predicted octanol–water partition coefficient (Wildman–Crippen LogP) is 23.9. The van der Waals surface area contributed by atoms with Crippen LogP contribution in [-0.4, -0.2) is 96.7 Å². The Balaban J connectivity index is 5.26. The van der Waals surface area contributed by atoms with Crippen LogP contribution in [0, 0.1) is 11.8 Å². The van der Waals surface area contributed by atoms with E-state index in [0.717, 1.165) is 102 Å². The highest BCUT2D eigenvalue weighted by Gasteiger charge is 2.30. The number of rotatable bonds is 79. The first-order valence-corrected chi connectivity index (χ1v) is 44.5. The van der Waals surface area contributed by atoms with E-state index in [0.29, 0.717) is 25.7 Å². The number of carbonyl (C=O) groups is 4. The minimum absolute atomic E-state index is 0.107. The molecule has 3 unspecified atom stereocenters. The minimum Gasteiger partial charge on any atom is -0.462 e. The van der Waals surface area contributed by atoms with Gasteiger partial charge in [0.25, 0.3) is 0 Å². The van der Waals surface area contributed by atoms with Crippen LogP contribution in [0.25, 0.3) is 0 Å². The van der Waals surface area contributed by atoms with E-state index in [1.807, 2.05) is 0 Å². The van der Waals surface area contributed by atoms with Gasteiger partial charge in [0.1, 0.15) is 19.3 Å². The molecule has 0 fully saturated rings. The number of aliphatic hydroxyl groups is 1. The lowest BCUT2D eigenvalue weighted by atomic mass is 9.99. The summed E-state index contributed by atoms with van der Waals surface area (Å²) < 4.78 is 68.7. The summed E-state index contributed by atoms with van der Waals surface area (Å²) in [5.41, 5.74) is 0. The Hall–Kier alpha value is -1.94. The molecule has 0 heterocycles. The molecule has 0 aliphatic carbocycles. The lowest BCUT2D eigenvalue weighted by Crippen LogP contribution is -2.30. The smallest absolute Gasteiger partial charge is 0.462 e. The maximum atomic E-state index is 13.1. The van der Waals surface area contributed by atoms with Crippen LogP contribution in [0.15, 0.2) is 0 Å². The van der Waals surface area contributed by atoms with E-state index in [1.165, 1.54) is 238 Å². The first kappa shape index (κ1) is 97.1. The molecule has 0 saturated heterocycles. The Morgan fingerprint density at radius 2 is 0.515 bits per heavy atom. The van der Waals surface area contributed by atoms with E-state index in [9.17, 15) is 43.2 Å². The zero-order chi connectivity index (χ0) is 72.8. The molecule has 0 rings (SSSR count). The number of phosphoric ester groups is 2. The van der Waals surface area contributed by atoms with Crippen LogP contribution in [0.5, 0.6) is 0 Å². The van der Waals surface area contributed by atoms with Crippen molar-refractivity contribution in [2.45, 2.75) is 439 Å². The predicted molar refractivity (Wildman–Crippen MR) is 405 cm³/mol. The fourth-order valence-electron chi connectivity index (χ4n) is 12.3. The van der Waals surface area contributed by atoms with Crippen molar-refractivity contribution in [1.29, 1.82) is 0 Å². The Morgan fingerprint density at radius 3 is 0.768 bits per heavy atom. The van der Waals surface area contributed by atoms with E-state index in [-0.39, 0.29) is 25.7 Å². The normalized spacial score (nSPS) is 14.2. The second-order valence-electron chi connectivity index (χ2n) is 29.5. The highest BCUT2D eigenvalue weighted by molar-refractivity contribution is 7.47. The Labute approximate surface area is 607 Å². The number of carbonyl (C=O) groups excluding carboxylic acids is 4. The third-order valence-electron chi connectivity index (χ3n) is 19.1. The van der Waals surface area contributed by atoms with Gasteiger partial charge in [-0.25, -0.2) is 9.13 Å². The summed E-state index contributed by atoms with van der Waals surface area (Å²) in [4.78, 5) is 73.0. The fraction of sp³-hybridized carbons (Fsp3) is 0.950. The topological polar surface area (TPSA) is 237 Å². The average Bonchev–Trinajstić information content (AvgIpc) is 1.99. The molecule has 0 aliphatic heterocycles. The van der Waals surface area contributed by atoms with Crippen LogP contribution in [0.2, 0.25) is 0 Å². The van der Waals surface area contributed by atoms with Crippen molar-refractivity contribution in [1.82, 2.24) is 0 Å². The lowest BCUT2D eigenvalue weighted by molar-refractivity contribution is -0.161. The molecule has 0 aromatic heterocycles. The van der Waals surface area contributed by atoms with Gasteiger partial charge in [-0.1, -0.05) is 369 Å². The molecule has 0 saturated carbocycles. The first-order valence-electron chi connectivity index (χ1n) is 41.5. The molecule has 0 aromatic carbocycles. The van der Waals surface area contributed by atoms with Crippen LogP contribution >= 0.6 is 15.6 Å². The Kier molecular flexibility index (Phi) is 70.3. The van der Waals surface area contributed by atoms with Crippen LogP contribution in [0.4, 0.5) is 0 Å². The highest BCUT2D eigenvalue weighted by atomic mass is 31.2. The van der Waals surface area contributed by atoms with E-state index in [2.05, 4.69) is 41.5 Å². The van der Waals surface area contributed by atoms with Crippen molar-refractivity contribution in [3.05, 3.63) is 0 Å². The van der Waals surface area contributed by atoms with Gasteiger partial charge in [0.05, 0.1) is 26.4 Å². The van der Waals surface area contributed by atoms with Crippen molar-refractivity contribution in [3.8, 4) is 0 Å². The first-order chi connectivity index (χ1) is 47.9. The number of hydrogen-bond acceptors (Lipinski definition) is 15. The average molecular weight is 1450 g/mol. The molecular formula is C80H156O17P2. The standard InChI is InChI=1S/C80H156O17P2/c1-7-10-12-14-16-18-20-22-23-26-30-33-37-44-50-56-62-77(82)90-68-75(96-80(85)65-59-53-47-39-35-31-27-24-25-29-32-36-42-48-54-60-72(4)5)70-94-98(86,87)92-66-74(81)67-93-99(88,89)95-71-76(69-91-78(83)63-57-51-45-41-40-43-49-55-61-73(6)9-3)97-79(84)64-58-52-46-38-34-28-21-19-17-15-13-11-8-2/h72-76,81H,7-71H2,1-6H3,(H,86,87)(H,88,89)/t73?,74-,75-,76-/m1/s1. The van der Waals surface area contributed by atoms with Crippen LogP contribution in [0.1, 0.15) is 420 Å². The fourth-order valence-corrected chi connectivity index (χ4v) is 13.9. The van der Waals surface area contributed by atoms with Gasteiger partial charge in [-0.15, -0.1) is 0 Å². The van der Waals surface area contributed by atoms with Gasteiger partial charge in [0.2, 0.25) is 0 Å². The van der Waals surface area contributed by atoms with Crippen molar-refractivity contribution in [3.63, 3.8) is 0 Å². The van der Waals surface area contributed by atoms with Crippen molar-refractivity contribution in [2.24, 2.45) is 11.8 Å². The van der Waals surface area contributed by atoms with Gasteiger partial charge in [-0.05, 0) is 37.5 Å². The molecule has 99 heavy (non-hydrogen) atoms. The quantitative estimate of drug-likeness (QED) is 0.0222. The van der Waals surface area contributed by atoms with E-state index in [1.54, 1.807) is 0 Å². The number of unbranched alkanes of at least 4 members (excludes halogenated alkanes) is 48. The molecule has 6 atom stereocenters. The zero-order valence-electron chi connectivity index (χ0n) is 64.8. The van der Waals surface area contributed by atoms with Gasteiger partial charge in [0.15, 0.2) is 12.2 Å². The molecule has 0 bridgehead atoms. The summed E-state index contributed by atoms with van der Waals surface area (Å²) >= 11 is 0. The maximum Gasteiger partial charge on any atom is 0.472 e. The third-order valence-corrected chi connectivity index (χ3v) is 21.0. The largest absolute Gasteiger partial charge is 0.472 e. The number of aliphatic hydroxyl groups excluding tert-OH is 1. The Morgan fingerprint density at radius 1 is 0.293 bits per heavy atom. The summed E-state index contributed by atoms with van der Waals surface area (Å²) in [5, 5.41) is 10.6. The molecule has 3 N–H and O–H groups in total. The van der Waals surface area contributed by atoms with Gasteiger partial charge >= 0.3 is 39.5 Å². The van der Waals surface area contributed by atoms with Crippen molar-refractivity contribution >= 4 is 39.5 Å². The SMILES string of the molecule is CCCCCCCCCCCCCCCCCCC(=O)OC[C@H](COP(=O)(O)OC[C@@H](O)COP(=O)(O)OC[C@@H](COC(=O)CCCCCCCCCCC(C)CC)OC(=O)CCCCCCCCCCCCCCC)OC(=O)CCCCCCCCCCCCCCCCCC(C)C. The third kappa shape index (κ3) is 72.8. The monoisotopic (exact) mass is 1450 g/mol. The minimum atomic E-state index is -4.96. The number of ether oxygens (including phenoxy) is 4. The summed E-state index contributed by atoms with van der Waals surface area (Å²) in [6.45, 7) is 9.66. The zero-order valence-corrected chi connectivity index (χ0v) is 66.6.